The van der Waals surface area contributed by atoms with Gasteiger partial charge in [-0.1, -0.05) is 0 Å². The highest BCUT2D eigenvalue weighted by molar-refractivity contribution is 5.90. The first-order valence-electron chi connectivity index (χ1n) is 9.71. The highest BCUT2D eigenvalue weighted by Gasteiger charge is 2.29. The average molecular weight is 435 g/mol. The monoisotopic (exact) mass is 435 g/mol. The minimum Gasteiger partial charge on any atom is -0.465 e. The van der Waals surface area contributed by atoms with Crippen molar-refractivity contribution < 1.29 is 28.6 Å². The maximum atomic E-state index is 14.1. The van der Waals surface area contributed by atoms with Gasteiger partial charge in [-0.15, -0.1) is 0 Å². The standard InChI is InChI=1S/C20H26FN5O5/c1-11-7-13(8-12(2)17(11)21)26-18(23-19(27)22-9-16(30-3)31-4)14-10-25(20(28)29)6-5-15(14)24-26/h7-8,16H,5-6,9-10H2,1-4H3,(H,28,29)(H2,22,23,27). The summed E-state index contributed by atoms with van der Waals surface area (Å²) in [5.41, 5.74) is 2.72. The summed E-state index contributed by atoms with van der Waals surface area (Å²) in [6, 6.07) is 2.72. The lowest BCUT2D eigenvalue weighted by atomic mass is 10.1. The van der Waals surface area contributed by atoms with E-state index in [9.17, 15) is 19.1 Å². The number of fused-ring (bicyclic) bond motifs is 1. The fourth-order valence-corrected chi connectivity index (χ4v) is 3.49. The smallest absolute Gasteiger partial charge is 0.407 e. The number of aryl methyl sites for hydroxylation is 2. The molecule has 0 unspecified atom stereocenters. The number of nitrogens with zero attached hydrogens (tertiary/aromatic N) is 3. The van der Waals surface area contributed by atoms with E-state index >= 15 is 0 Å². The zero-order valence-electron chi connectivity index (χ0n) is 17.9. The normalized spacial score (nSPS) is 13.3. The summed E-state index contributed by atoms with van der Waals surface area (Å²) in [4.78, 5) is 25.3. The number of carbonyl (C=O) groups is 2. The van der Waals surface area contributed by atoms with Gasteiger partial charge in [0.15, 0.2) is 6.29 Å². The molecule has 0 saturated carbocycles. The summed E-state index contributed by atoms with van der Waals surface area (Å²) < 4.78 is 25.8. The molecule has 31 heavy (non-hydrogen) atoms. The van der Waals surface area contributed by atoms with Crippen molar-refractivity contribution in [1.29, 1.82) is 0 Å². The molecule has 168 valence electrons. The number of benzene rings is 1. The van der Waals surface area contributed by atoms with Crippen LogP contribution in [0.5, 0.6) is 0 Å². The van der Waals surface area contributed by atoms with Gasteiger partial charge in [0.05, 0.1) is 24.5 Å². The van der Waals surface area contributed by atoms with Crippen molar-refractivity contribution in [2.24, 2.45) is 0 Å². The summed E-state index contributed by atoms with van der Waals surface area (Å²) in [5.74, 6) is 0.0189. The number of rotatable bonds is 6. The van der Waals surface area contributed by atoms with Crippen LogP contribution in [0, 0.1) is 19.7 Å². The van der Waals surface area contributed by atoms with E-state index in [1.54, 1.807) is 26.0 Å². The SMILES string of the molecule is COC(CNC(=O)Nc1c2c(nn1-c1cc(C)c(F)c(C)c1)CCN(C(=O)O)C2)OC. The molecule has 1 aromatic heterocycles. The fraction of sp³-hybridized carbons (Fsp3) is 0.450. The number of amides is 3. The number of carbonyl (C=O) groups excluding carboxylic acids is 1. The lowest BCUT2D eigenvalue weighted by Crippen LogP contribution is -2.38. The summed E-state index contributed by atoms with van der Waals surface area (Å²) in [7, 11) is 2.91. The summed E-state index contributed by atoms with van der Waals surface area (Å²) in [6.45, 7) is 3.78. The van der Waals surface area contributed by atoms with E-state index in [0.29, 0.717) is 46.9 Å². The molecule has 1 aromatic carbocycles. The van der Waals surface area contributed by atoms with Crippen LogP contribution >= 0.6 is 0 Å². The van der Waals surface area contributed by atoms with Crippen molar-refractivity contribution in [3.05, 3.63) is 40.3 Å². The molecule has 3 amide bonds. The number of nitrogens with one attached hydrogen (secondary N) is 2. The zero-order chi connectivity index (χ0) is 22.7. The van der Waals surface area contributed by atoms with E-state index in [-0.39, 0.29) is 18.9 Å². The molecule has 0 bridgehead atoms. The Labute approximate surface area is 178 Å². The quantitative estimate of drug-likeness (QED) is 0.600. The second-order valence-electron chi connectivity index (χ2n) is 7.27. The van der Waals surface area contributed by atoms with Gasteiger partial charge < -0.3 is 24.8 Å². The van der Waals surface area contributed by atoms with Crippen molar-refractivity contribution in [1.82, 2.24) is 20.0 Å². The topological polar surface area (TPSA) is 118 Å². The van der Waals surface area contributed by atoms with Crippen molar-refractivity contribution in [2.45, 2.75) is 33.1 Å². The van der Waals surface area contributed by atoms with Crippen LogP contribution in [-0.4, -0.2) is 65.5 Å². The number of halogens is 1. The molecule has 10 nitrogen and oxygen atoms in total. The van der Waals surface area contributed by atoms with E-state index in [0.717, 1.165) is 0 Å². The maximum Gasteiger partial charge on any atom is 0.407 e. The molecule has 0 radical (unpaired) electrons. The van der Waals surface area contributed by atoms with Crippen molar-refractivity contribution in [3.8, 4) is 5.69 Å². The lowest BCUT2D eigenvalue weighted by Gasteiger charge is -2.24. The molecule has 11 heteroatoms. The van der Waals surface area contributed by atoms with Gasteiger partial charge in [-0.05, 0) is 37.1 Å². The van der Waals surface area contributed by atoms with E-state index < -0.39 is 18.4 Å². The molecule has 1 aliphatic heterocycles. The lowest BCUT2D eigenvalue weighted by molar-refractivity contribution is -0.0970. The van der Waals surface area contributed by atoms with Gasteiger partial charge in [0.1, 0.15) is 11.6 Å². The molecule has 1 aliphatic rings. The molecule has 0 fully saturated rings. The predicted octanol–water partition coefficient (Wildman–Crippen LogP) is 2.40. The first kappa shape index (κ1) is 22.5. The molecule has 0 saturated heterocycles. The molecule has 0 spiro atoms. The molecular formula is C20H26FN5O5. The Morgan fingerprint density at radius 1 is 1.26 bits per heavy atom. The van der Waals surface area contributed by atoms with E-state index in [4.69, 9.17) is 9.47 Å². The first-order valence-corrected chi connectivity index (χ1v) is 9.71. The molecule has 2 aromatic rings. The number of anilines is 1. The molecule has 2 heterocycles. The number of carboxylic acid groups (broad SMARTS) is 1. The van der Waals surface area contributed by atoms with Crippen LogP contribution in [0.2, 0.25) is 0 Å². The number of hydrogen-bond acceptors (Lipinski definition) is 5. The van der Waals surface area contributed by atoms with Crippen molar-refractivity contribution >= 4 is 17.9 Å². The Morgan fingerprint density at radius 2 is 1.90 bits per heavy atom. The third-order valence-electron chi connectivity index (χ3n) is 5.16. The summed E-state index contributed by atoms with van der Waals surface area (Å²) in [6.07, 6.45) is -1.26. The summed E-state index contributed by atoms with van der Waals surface area (Å²) in [5, 5.41) is 19.4. The first-order chi connectivity index (χ1) is 14.7. The van der Waals surface area contributed by atoms with Crippen LogP contribution in [0.15, 0.2) is 12.1 Å². The Hall–Kier alpha value is -3.18. The van der Waals surface area contributed by atoms with E-state index in [1.165, 1.54) is 23.8 Å². The van der Waals surface area contributed by atoms with Crippen LogP contribution in [0.25, 0.3) is 5.69 Å². The van der Waals surface area contributed by atoms with Crippen LogP contribution in [0.4, 0.5) is 19.8 Å². The van der Waals surface area contributed by atoms with Crippen molar-refractivity contribution in [2.75, 3.05) is 32.6 Å². The second-order valence-corrected chi connectivity index (χ2v) is 7.27. The molecule has 0 atom stereocenters. The maximum absolute atomic E-state index is 14.1. The Balaban J connectivity index is 1.98. The Kier molecular flexibility index (Phi) is 6.76. The largest absolute Gasteiger partial charge is 0.465 e. The van der Waals surface area contributed by atoms with Gasteiger partial charge in [-0.2, -0.15) is 5.10 Å². The average Bonchev–Trinajstić information content (AvgIpc) is 3.10. The van der Waals surface area contributed by atoms with Crippen LogP contribution in [0.1, 0.15) is 22.4 Å². The summed E-state index contributed by atoms with van der Waals surface area (Å²) >= 11 is 0. The van der Waals surface area contributed by atoms with Crippen LogP contribution in [-0.2, 0) is 22.4 Å². The molecule has 3 rings (SSSR count). The van der Waals surface area contributed by atoms with Gasteiger partial charge in [0.2, 0.25) is 0 Å². The van der Waals surface area contributed by atoms with E-state index in [2.05, 4.69) is 15.7 Å². The number of aromatic nitrogens is 2. The zero-order valence-corrected chi connectivity index (χ0v) is 17.9. The predicted molar refractivity (Wildman–Crippen MR) is 110 cm³/mol. The highest BCUT2D eigenvalue weighted by atomic mass is 19.1. The fourth-order valence-electron chi connectivity index (χ4n) is 3.49. The van der Waals surface area contributed by atoms with Crippen LogP contribution < -0.4 is 10.6 Å². The van der Waals surface area contributed by atoms with Gasteiger partial charge in [-0.25, -0.2) is 18.7 Å². The van der Waals surface area contributed by atoms with Gasteiger partial charge in [0.25, 0.3) is 0 Å². The minimum absolute atomic E-state index is 0.0816. The Morgan fingerprint density at radius 3 is 2.48 bits per heavy atom. The molecular weight excluding hydrogens is 409 g/mol. The Bertz CT molecular complexity index is 966. The highest BCUT2D eigenvalue weighted by Crippen LogP contribution is 2.30. The molecule has 0 aliphatic carbocycles. The number of ether oxygens (including phenoxy) is 2. The third-order valence-corrected chi connectivity index (χ3v) is 5.16. The van der Waals surface area contributed by atoms with Gasteiger partial charge in [-0.3, -0.25) is 5.32 Å². The number of methoxy groups -OCH3 is 2. The minimum atomic E-state index is -1.05. The molecule has 3 N–H and O–H groups in total. The van der Waals surface area contributed by atoms with Gasteiger partial charge >= 0.3 is 12.1 Å². The number of hydrogen-bond donors (Lipinski definition) is 3. The van der Waals surface area contributed by atoms with Crippen LogP contribution in [0.3, 0.4) is 0 Å². The number of urea groups is 1. The van der Waals surface area contributed by atoms with Gasteiger partial charge in [0, 0.05) is 32.7 Å². The second kappa shape index (κ2) is 9.31. The van der Waals surface area contributed by atoms with E-state index in [1.807, 2.05) is 0 Å². The van der Waals surface area contributed by atoms with Crippen molar-refractivity contribution in [3.63, 3.8) is 0 Å². The third kappa shape index (κ3) is 4.78.